The molecule has 1 amide bonds. The van der Waals surface area contributed by atoms with Crippen LogP contribution in [0.25, 0.3) is 0 Å². The average molecular weight is 348 g/mol. The molecule has 0 aliphatic heterocycles. The van der Waals surface area contributed by atoms with E-state index in [0.29, 0.717) is 12.3 Å². The minimum Gasteiger partial charge on any atom is -0.491 e. The molecule has 0 aliphatic rings. The molecule has 0 aliphatic carbocycles. The number of amides is 1. The van der Waals surface area contributed by atoms with E-state index in [1.165, 1.54) is 0 Å². The highest BCUT2D eigenvalue weighted by atomic mass is 35.5. The van der Waals surface area contributed by atoms with Gasteiger partial charge in [0.25, 0.3) is 0 Å². The predicted molar refractivity (Wildman–Crippen MR) is 95.1 cm³/mol. The van der Waals surface area contributed by atoms with E-state index in [-0.39, 0.29) is 24.9 Å². The molecule has 1 unspecified atom stereocenters. The number of hydrogen-bond donors (Lipinski definition) is 1. The van der Waals surface area contributed by atoms with Crippen LogP contribution >= 0.6 is 11.6 Å². The molecule has 0 spiro atoms. The molecule has 24 heavy (non-hydrogen) atoms. The number of benzene rings is 2. The van der Waals surface area contributed by atoms with Gasteiger partial charge < -0.3 is 14.7 Å². The highest BCUT2D eigenvalue weighted by Gasteiger charge is 2.27. The summed E-state index contributed by atoms with van der Waals surface area (Å²) in [5.41, 5.74) is -0.206. The molecule has 2 aromatic carbocycles. The van der Waals surface area contributed by atoms with E-state index < -0.39 is 5.60 Å². The summed E-state index contributed by atoms with van der Waals surface area (Å²) >= 11 is 5.71. The Labute approximate surface area is 147 Å². The Hall–Kier alpha value is -2.04. The van der Waals surface area contributed by atoms with Gasteiger partial charge in [0.05, 0.1) is 6.54 Å². The van der Waals surface area contributed by atoms with Crippen LogP contribution in [0, 0.1) is 0 Å². The fraction of sp³-hybridized carbons (Fsp3) is 0.316. The van der Waals surface area contributed by atoms with Crippen LogP contribution in [-0.4, -0.2) is 40.5 Å². The highest BCUT2D eigenvalue weighted by molar-refractivity contribution is 6.27. The zero-order chi connectivity index (χ0) is 17.4. The van der Waals surface area contributed by atoms with Crippen molar-refractivity contribution in [2.75, 3.05) is 19.0 Å². The predicted octanol–water partition coefficient (Wildman–Crippen LogP) is 3.08. The van der Waals surface area contributed by atoms with Gasteiger partial charge in [-0.3, -0.25) is 4.79 Å². The summed E-state index contributed by atoms with van der Waals surface area (Å²) in [6.07, 6.45) is 0. The van der Waals surface area contributed by atoms with E-state index in [1.807, 2.05) is 60.7 Å². The fourth-order valence-electron chi connectivity index (χ4n) is 2.33. The Bertz CT molecular complexity index is 632. The summed E-state index contributed by atoms with van der Waals surface area (Å²) in [5.74, 6) is 0.333. The number of aliphatic hydroxyl groups is 1. The van der Waals surface area contributed by atoms with Gasteiger partial charge in [0.1, 0.15) is 23.8 Å². The van der Waals surface area contributed by atoms with Crippen molar-refractivity contribution in [1.29, 1.82) is 0 Å². The quantitative estimate of drug-likeness (QED) is 0.746. The van der Waals surface area contributed by atoms with Crippen molar-refractivity contribution in [3.63, 3.8) is 0 Å². The molecule has 0 radical (unpaired) electrons. The Morgan fingerprint density at radius 3 is 2.29 bits per heavy atom. The maximum atomic E-state index is 12.1. The van der Waals surface area contributed by atoms with Gasteiger partial charge in [-0.05, 0) is 24.6 Å². The van der Waals surface area contributed by atoms with Crippen molar-refractivity contribution >= 4 is 17.5 Å². The van der Waals surface area contributed by atoms with Gasteiger partial charge in [-0.15, -0.1) is 11.6 Å². The van der Waals surface area contributed by atoms with Crippen LogP contribution in [0.15, 0.2) is 60.7 Å². The molecule has 0 heterocycles. The van der Waals surface area contributed by atoms with Gasteiger partial charge in [-0.25, -0.2) is 0 Å². The molecule has 2 rings (SSSR count). The third-order valence-electron chi connectivity index (χ3n) is 3.51. The van der Waals surface area contributed by atoms with E-state index >= 15 is 0 Å². The van der Waals surface area contributed by atoms with Gasteiger partial charge in [0, 0.05) is 6.54 Å². The summed E-state index contributed by atoms with van der Waals surface area (Å²) in [4.78, 5) is 13.7. The number of rotatable bonds is 8. The number of para-hydroxylation sites is 1. The molecule has 0 saturated heterocycles. The molecule has 4 nitrogen and oxygen atoms in total. The molecule has 0 aromatic heterocycles. The molecular weight excluding hydrogens is 326 g/mol. The van der Waals surface area contributed by atoms with Crippen molar-refractivity contribution in [2.45, 2.75) is 19.1 Å². The number of hydrogen-bond acceptors (Lipinski definition) is 3. The summed E-state index contributed by atoms with van der Waals surface area (Å²) < 4.78 is 5.61. The van der Waals surface area contributed by atoms with Gasteiger partial charge in [0.15, 0.2) is 0 Å². The number of ether oxygens (including phenoxy) is 1. The van der Waals surface area contributed by atoms with E-state index in [9.17, 15) is 9.90 Å². The van der Waals surface area contributed by atoms with Crippen LogP contribution in [0.4, 0.5) is 0 Å². The van der Waals surface area contributed by atoms with E-state index in [0.717, 1.165) is 5.56 Å². The summed E-state index contributed by atoms with van der Waals surface area (Å²) in [6.45, 7) is 2.27. The largest absolute Gasteiger partial charge is 0.491 e. The normalized spacial score (nSPS) is 13.1. The van der Waals surface area contributed by atoms with Gasteiger partial charge in [-0.1, -0.05) is 48.5 Å². The van der Waals surface area contributed by atoms with Gasteiger partial charge in [0.2, 0.25) is 5.91 Å². The third-order valence-corrected chi connectivity index (χ3v) is 3.74. The van der Waals surface area contributed by atoms with Crippen molar-refractivity contribution < 1.29 is 14.6 Å². The molecule has 0 saturated carbocycles. The Morgan fingerprint density at radius 2 is 1.71 bits per heavy atom. The van der Waals surface area contributed by atoms with Crippen LogP contribution in [0.2, 0.25) is 0 Å². The number of carbonyl (C=O) groups excluding carboxylic acids is 1. The molecule has 2 aromatic rings. The van der Waals surface area contributed by atoms with Crippen LogP contribution in [0.5, 0.6) is 5.75 Å². The lowest BCUT2D eigenvalue weighted by molar-refractivity contribution is -0.133. The lowest BCUT2D eigenvalue weighted by Crippen LogP contribution is -2.47. The summed E-state index contributed by atoms with van der Waals surface area (Å²) in [7, 11) is 0. The molecule has 1 atom stereocenters. The highest BCUT2D eigenvalue weighted by Crippen LogP contribution is 2.15. The third kappa shape index (κ3) is 5.87. The maximum Gasteiger partial charge on any atom is 0.237 e. The molecule has 1 N–H and O–H groups in total. The van der Waals surface area contributed by atoms with Gasteiger partial charge >= 0.3 is 0 Å². The van der Waals surface area contributed by atoms with Crippen LogP contribution in [0.3, 0.4) is 0 Å². The number of halogens is 1. The monoisotopic (exact) mass is 347 g/mol. The standard InChI is InChI=1S/C19H22ClNO3/c1-19(23,15-24-17-10-6-3-7-11-17)14-21(18(22)12-20)13-16-8-4-2-5-9-16/h2-11,23H,12-15H2,1H3. The SMILES string of the molecule is CC(O)(COc1ccccc1)CN(Cc1ccccc1)C(=O)CCl. The topological polar surface area (TPSA) is 49.8 Å². The minimum absolute atomic E-state index is 0.0812. The second kappa shape index (κ2) is 8.71. The average Bonchev–Trinajstić information content (AvgIpc) is 2.60. The smallest absolute Gasteiger partial charge is 0.237 e. The minimum atomic E-state index is -1.19. The zero-order valence-electron chi connectivity index (χ0n) is 13.7. The summed E-state index contributed by atoms with van der Waals surface area (Å²) in [5, 5.41) is 10.6. The second-order valence-electron chi connectivity index (χ2n) is 5.97. The van der Waals surface area contributed by atoms with Crippen LogP contribution in [-0.2, 0) is 11.3 Å². The van der Waals surface area contributed by atoms with E-state index in [1.54, 1.807) is 11.8 Å². The number of alkyl halides is 1. The number of nitrogens with zero attached hydrogens (tertiary/aromatic N) is 1. The van der Waals surface area contributed by atoms with Crippen molar-refractivity contribution in [3.8, 4) is 5.75 Å². The Morgan fingerprint density at radius 1 is 1.12 bits per heavy atom. The van der Waals surface area contributed by atoms with Crippen molar-refractivity contribution in [1.82, 2.24) is 4.90 Å². The Balaban J connectivity index is 1.99. The lowest BCUT2D eigenvalue weighted by Gasteiger charge is -2.31. The number of carbonyl (C=O) groups is 1. The molecule has 128 valence electrons. The first-order chi connectivity index (χ1) is 11.5. The Kier molecular flexibility index (Phi) is 6.64. The van der Waals surface area contributed by atoms with Crippen LogP contribution in [0.1, 0.15) is 12.5 Å². The fourth-order valence-corrected chi connectivity index (χ4v) is 2.50. The van der Waals surface area contributed by atoms with E-state index in [2.05, 4.69) is 0 Å². The van der Waals surface area contributed by atoms with E-state index in [4.69, 9.17) is 16.3 Å². The maximum absolute atomic E-state index is 12.1. The van der Waals surface area contributed by atoms with Crippen molar-refractivity contribution in [3.05, 3.63) is 66.2 Å². The molecular formula is C19H22ClNO3. The lowest BCUT2D eigenvalue weighted by atomic mass is 10.1. The second-order valence-corrected chi connectivity index (χ2v) is 6.23. The van der Waals surface area contributed by atoms with Crippen LogP contribution < -0.4 is 4.74 Å². The first-order valence-electron chi connectivity index (χ1n) is 7.78. The summed E-state index contributed by atoms with van der Waals surface area (Å²) in [6, 6.07) is 18.9. The first-order valence-corrected chi connectivity index (χ1v) is 8.31. The zero-order valence-corrected chi connectivity index (χ0v) is 14.4. The van der Waals surface area contributed by atoms with Gasteiger partial charge in [-0.2, -0.15) is 0 Å². The molecule has 0 bridgehead atoms. The first kappa shape index (κ1) is 18.3. The molecule has 0 fully saturated rings. The molecule has 5 heteroatoms. The van der Waals surface area contributed by atoms with Crippen molar-refractivity contribution in [2.24, 2.45) is 0 Å².